The molecule has 0 saturated carbocycles. The Morgan fingerprint density at radius 2 is 1.16 bits per heavy atom. The minimum Gasteiger partial charge on any atom is -0.481 e. The molecule has 6 amide bonds. The molecule has 0 saturated heterocycles. The summed E-state index contributed by atoms with van der Waals surface area (Å²) >= 11 is 0. The van der Waals surface area contributed by atoms with Gasteiger partial charge >= 0.3 is 11.9 Å². The highest BCUT2D eigenvalue weighted by Gasteiger charge is 2.35. The summed E-state index contributed by atoms with van der Waals surface area (Å²) in [6.45, 7) is 6.12. The molecule has 0 aliphatic carbocycles. The fourth-order valence-corrected chi connectivity index (χ4v) is 5.47. The maximum absolute atomic E-state index is 13.6. The van der Waals surface area contributed by atoms with Crippen LogP contribution in [-0.4, -0.2) is 138 Å². The first-order chi connectivity index (χ1) is 27.3. The molecule has 2 aromatic heterocycles. The van der Waals surface area contributed by atoms with E-state index in [0.29, 0.717) is 37.2 Å². The summed E-state index contributed by atoms with van der Waals surface area (Å²) in [4.78, 5) is 116. The van der Waals surface area contributed by atoms with Gasteiger partial charge in [0.1, 0.15) is 36.3 Å². The van der Waals surface area contributed by atoms with Crippen LogP contribution < -0.4 is 43.4 Å². The molecule has 23 heteroatoms. The lowest BCUT2D eigenvalue weighted by molar-refractivity contribution is -0.143. The SMILES string of the molecule is CC(C)[C@H](NC(=O)[C@H](Cc1cnc[nH]1)NC(=O)[C@@H](N)CCCCN)C(=O)N[C@H](C(=O)N[C@@H](C)C(=O)N[C@@H](Cc1cnc[nH]1)C(=O)N[C@@H](CCC(=O)O)C(=O)O)[C@@H](C)O. The van der Waals surface area contributed by atoms with Crippen molar-refractivity contribution in [2.24, 2.45) is 17.4 Å². The number of H-pyrrole nitrogens is 2. The lowest BCUT2D eigenvalue weighted by Gasteiger charge is -2.29. The van der Waals surface area contributed by atoms with Gasteiger partial charge in [-0.1, -0.05) is 20.3 Å². The Morgan fingerprint density at radius 3 is 1.62 bits per heavy atom. The standard InChI is InChI=1S/C35H56N12O11/c1-17(2)27(46-32(54)25(12-21-14-39-16-41-21)45-30(52)22(37)7-5-6-10-36)33(55)47-28(19(4)48)34(56)42-18(3)29(51)44-24(11-20-13-38-15-40-20)31(53)43-23(35(57)58)8-9-26(49)50/h13-19,22-25,27-28,48H,5-12,36-37H2,1-4H3,(H,38,40)(H,39,41)(H,42,56)(H,43,53)(H,44,51)(H,45,52)(H,46,54)(H,47,55)(H,49,50)(H,57,58)/t18-,19+,22-,23-,24-,25-,27-,28-/m0/s1. The van der Waals surface area contributed by atoms with Gasteiger partial charge in [0.25, 0.3) is 0 Å². The van der Waals surface area contributed by atoms with Crippen molar-refractivity contribution in [2.45, 2.75) is 121 Å². The number of aromatic nitrogens is 4. The number of nitrogens with zero attached hydrogens (tertiary/aromatic N) is 2. The third-order valence-electron chi connectivity index (χ3n) is 8.85. The number of carbonyl (C=O) groups excluding carboxylic acids is 6. The van der Waals surface area contributed by atoms with Crippen LogP contribution in [0.2, 0.25) is 0 Å². The third kappa shape index (κ3) is 16.3. The van der Waals surface area contributed by atoms with Crippen molar-refractivity contribution in [1.82, 2.24) is 51.8 Å². The van der Waals surface area contributed by atoms with Crippen LogP contribution in [0.25, 0.3) is 0 Å². The minimum atomic E-state index is -1.65. The van der Waals surface area contributed by atoms with Gasteiger partial charge in [-0.25, -0.2) is 14.8 Å². The molecule has 0 bridgehead atoms. The van der Waals surface area contributed by atoms with Crippen molar-refractivity contribution >= 4 is 47.4 Å². The number of rotatable bonds is 26. The first-order valence-electron chi connectivity index (χ1n) is 18.7. The Balaban J connectivity index is 2.17. The number of aliphatic hydroxyl groups excluding tert-OH is 1. The van der Waals surface area contributed by atoms with Gasteiger partial charge in [-0.15, -0.1) is 0 Å². The largest absolute Gasteiger partial charge is 0.481 e. The summed E-state index contributed by atoms with van der Waals surface area (Å²) in [6.07, 6.45) is 4.34. The second-order valence-corrected chi connectivity index (χ2v) is 14.1. The number of aromatic amines is 2. The number of hydrogen-bond donors (Lipinski definition) is 13. The van der Waals surface area contributed by atoms with E-state index < -0.39 is 115 Å². The lowest BCUT2D eigenvalue weighted by Crippen LogP contribution is -2.62. The summed E-state index contributed by atoms with van der Waals surface area (Å²) in [6, 6.07) is -9.46. The van der Waals surface area contributed by atoms with E-state index in [0.717, 1.165) is 0 Å². The van der Waals surface area contributed by atoms with Crippen molar-refractivity contribution in [3.8, 4) is 0 Å². The van der Waals surface area contributed by atoms with E-state index in [4.69, 9.17) is 16.6 Å². The maximum Gasteiger partial charge on any atom is 0.326 e. The van der Waals surface area contributed by atoms with E-state index in [2.05, 4.69) is 51.8 Å². The van der Waals surface area contributed by atoms with Crippen LogP contribution in [0, 0.1) is 5.92 Å². The Hall–Kier alpha value is -5.94. The molecule has 0 aliphatic heterocycles. The van der Waals surface area contributed by atoms with Gasteiger partial charge in [0, 0.05) is 43.0 Å². The molecule has 0 unspecified atom stereocenters. The molecule has 58 heavy (non-hydrogen) atoms. The van der Waals surface area contributed by atoms with Crippen LogP contribution in [0.5, 0.6) is 0 Å². The van der Waals surface area contributed by atoms with E-state index in [1.807, 2.05) is 0 Å². The Bertz CT molecular complexity index is 1670. The molecule has 322 valence electrons. The number of aliphatic carboxylic acids is 2. The Labute approximate surface area is 334 Å². The van der Waals surface area contributed by atoms with Gasteiger partial charge in [0.05, 0.1) is 24.8 Å². The molecular formula is C35H56N12O11. The minimum absolute atomic E-state index is 0.0343. The molecule has 0 fully saturated rings. The third-order valence-corrected chi connectivity index (χ3v) is 8.85. The van der Waals surface area contributed by atoms with Gasteiger partial charge in [0.15, 0.2) is 0 Å². The average Bonchev–Trinajstić information content (AvgIpc) is 3.88. The van der Waals surface area contributed by atoms with Crippen molar-refractivity contribution in [3.05, 3.63) is 36.4 Å². The molecule has 23 nitrogen and oxygen atoms in total. The predicted molar refractivity (Wildman–Crippen MR) is 204 cm³/mol. The molecule has 0 radical (unpaired) electrons. The van der Waals surface area contributed by atoms with Crippen LogP contribution in [-0.2, 0) is 51.2 Å². The predicted octanol–water partition coefficient (Wildman–Crippen LogP) is -3.71. The zero-order chi connectivity index (χ0) is 43.5. The number of unbranched alkanes of at least 4 members (excludes halogenated alkanes) is 1. The Kier molecular flexibility index (Phi) is 19.9. The highest BCUT2D eigenvalue weighted by molar-refractivity contribution is 5.97. The fraction of sp³-hybridized carbons (Fsp3) is 0.600. The van der Waals surface area contributed by atoms with Crippen molar-refractivity contribution in [2.75, 3.05) is 6.54 Å². The van der Waals surface area contributed by atoms with Crippen molar-refractivity contribution < 1.29 is 53.7 Å². The van der Waals surface area contributed by atoms with Crippen LogP contribution in [0.15, 0.2) is 25.0 Å². The number of nitrogens with two attached hydrogens (primary N) is 2. The number of carboxylic acids is 2. The van der Waals surface area contributed by atoms with Crippen LogP contribution >= 0.6 is 0 Å². The topological polar surface area (TPSA) is 379 Å². The monoisotopic (exact) mass is 820 g/mol. The van der Waals surface area contributed by atoms with Gasteiger partial charge in [0.2, 0.25) is 35.4 Å². The highest BCUT2D eigenvalue weighted by Crippen LogP contribution is 2.09. The van der Waals surface area contributed by atoms with Crippen LogP contribution in [0.4, 0.5) is 0 Å². The molecular weight excluding hydrogens is 764 g/mol. The smallest absolute Gasteiger partial charge is 0.326 e. The van der Waals surface area contributed by atoms with Crippen LogP contribution in [0.1, 0.15) is 71.2 Å². The fourth-order valence-electron chi connectivity index (χ4n) is 5.47. The first-order valence-corrected chi connectivity index (χ1v) is 18.7. The van der Waals surface area contributed by atoms with E-state index in [1.54, 1.807) is 13.8 Å². The van der Waals surface area contributed by atoms with Crippen molar-refractivity contribution in [3.63, 3.8) is 0 Å². The maximum atomic E-state index is 13.6. The zero-order valence-electron chi connectivity index (χ0n) is 32.8. The quantitative estimate of drug-likeness (QED) is 0.0406. The van der Waals surface area contributed by atoms with Gasteiger partial charge in [-0.3, -0.25) is 33.6 Å². The summed E-state index contributed by atoms with van der Waals surface area (Å²) in [5.74, 6) is -8.47. The summed E-state index contributed by atoms with van der Waals surface area (Å²) in [5, 5.41) is 43.6. The molecule has 2 rings (SSSR count). The molecule has 2 heterocycles. The number of hydrogen-bond acceptors (Lipinski definition) is 13. The van der Waals surface area contributed by atoms with Gasteiger partial charge in [-0.05, 0) is 45.6 Å². The molecule has 0 aromatic carbocycles. The molecule has 15 N–H and O–H groups in total. The summed E-state index contributed by atoms with van der Waals surface area (Å²) in [7, 11) is 0. The highest BCUT2D eigenvalue weighted by atomic mass is 16.4. The Morgan fingerprint density at radius 1 is 0.655 bits per heavy atom. The number of carbonyl (C=O) groups is 8. The number of nitrogens with one attached hydrogen (secondary N) is 8. The first kappa shape index (κ1) is 48.2. The molecule has 0 aliphatic rings. The van der Waals surface area contributed by atoms with E-state index >= 15 is 0 Å². The lowest BCUT2D eigenvalue weighted by atomic mass is 10.0. The molecule has 2 aromatic rings. The van der Waals surface area contributed by atoms with Gasteiger partial charge < -0.3 is 68.7 Å². The van der Waals surface area contributed by atoms with Gasteiger partial charge in [-0.2, -0.15) is 0 Å². The molecule has 8 atom stereocenters. The van der Waals surface area contributed by atoms with E-state index in [9.17, 15) is 48.6 Å². The van der Waals surface area contributed by atoms with Crippen LogP contribution in [0.3, 0.4) is 0 Å². The second-order valence-electron chi connectivity index (χ2n) is 14.1. The van der Waals surface area contributed by atoms with E-state index in [1.165, 1.54) is 38.9 Å². The zero-order valence-corrected chi connectivity index (χ0v) is 32.8. The summed E-state index contributed by atoms with van der Waals surface area (Å²) < 4.78 is 0. The number of imidazole rings is 2. The molecule has 0 spiro atoms. The average molecular weight is 821 g/mol. The second kappa shape index (κ2) is 24.0. The van der Waals surface area contributed by atoms with E-state index in [-0.39, 0.29) is 12.8 Å². The summed E-state index contributed by atoms with van der Waals surface area (Å²) in [5.41, 5.74) is 12.4. The van der Waals surface area contributed by atoms with Crippen molar-refractivity contribution in [1.29, 1.82) is 0 Å². The number of aliphatic hydroxyl groups is 1. The number of amides is 6. The number of carboxylic acid groups (broad SMARTS) is 2. The normalized spacial score (nSPS) is 15.3.